The summed E-state index contributed by atoms with van der Waals surface area (Å²) in [5, 5.41) is 3.48. The second kappa shape index (κ2) is 4.41. The third kappa shape index (κ3) is 1.57. The maximum Gasteiger partial charge on any atom is 0.165 e. The number of nitrogen functional groups attached to an aromatic ring is 1. The van der Waals surface area contributed by atoms with Crippen LogP contribution in [0.3, 0.4) is 0 Å². The van der Waals surface area contributed by atoms with Gasteiger partial charge in [-0.2, -0.15) is 0 Å². The van der Waals surface area contributed by atoms with Gasteiger partial charge in [-0.15, -0.1) is 0 Å². The van der Waals surface area contributed by atoms with E-state index in [0.717, 1.165) is 23.0 Å². The summed E-state index contributed by atoms with van der Waals surface area (Å²) in [6.45, 7) is 0. The highest BCUT2D eigenvalue weighted by Gasteiger charge is 2.45. The molecule has 2 aromatic rings. The van der Waals surface area contributed by atoms with Crippen molar-refractivity contribution in [1.29, 1.82) is 0 Å². The van der Waals surface area contributed by atoms with E-state index in [1.54, 1.807) is 0 Å². The molecule has 0 unspecified atom stereocenters. The van der Waals surface area contributed by atoms with Gasteiger partial charge in [-0.1, -0.05) is 0 Å². The van der Waals surface area contributed by atoms with Gasteiger partial charge in [0.25, 0.3) is 0 Å². The predicted octanol–water partition coefficient (Wildman–Crippen LogP) is 1.36. The van der Waals surface area contributed by atoms with Crippen molar-refractivity contribution in [3.8, 4) is 0 Å². The molecule has 106 valence electrons. The van der Waals surface area contributed by atoms with E-state index in [2.05, 4.69) is 31.9 Å². The molecular formula is C14H20N6. The van der Waals surface area contributed by atoms with Crippen LogP contribution in [0.1, 0.15) is 31.7 Å². The summed E-state index contributed by atoms with van der Waals surface area (Å²) in [4.78, 5) is 12.8. The average molecular weight is 272 g/mol. The van der Waals surface area contributed by atoms with Crippen LogP contribution in [0.5, 0.6) is 0 Å². The van der Waals surface area contributed by atoms with Gasteiger partial charge < -0.3 is 15.6 Å². The quantitative estimate of drug-likeness (QED) is 0.862. The maximum atomic E-state index is 5.88. The molecule has 0 amide bonds. The average Bonchev–Trinajstić information content (AvgIpc) is 3.11. The number of nitrogens with one attached hydrogen (secondary N) is 1. The molecule has 4 rings (SSSR count). The van der Waals surface area contributed by atoms with Gasteiger partial charge in [0.2, 0.25) is 0 Å². The molecule has 2 heterocycles. The minimum Gasteiger partial charge on any atom is -0.382 e. The molecular weight excluding hydrogens is 252 g/mol. The lowest BCUT2D eigenvalue weighted by Crippen LogP contribution is -2.29. The Labute approximate surface area is 117 Å². The summed E-state index contributed by atoms with van der Waals surface area (Å²) < 4.78 is 2.23. The lowest BCUT2D eigenvalue weighted by Gasteiger charge is -2.21. The Hall–Kier alpha value is -1.69. The van der Waals surface area contributed by atoms with E-state index < -0.39 is 0 Å². The van der Waals surface area contributed by atoms with Crippen LogP contribution in [0.2, 0.25) is 0 Å². The number of aromatic nitrogens is 4. The zero-order valence-electron chi connectivity index (χ0n) is 11.7. The van der Waals surface area contributed by atoms with Crippen molar-refractivity contribution in [2.45, 2.75) is 37.8 Å². The van der Waals surface area contributed by atoms with Crippen molar-refractivity contribution in [2.24, 2.45) is 11.8 Å². The minimum absolute atomic E-state index is 0.475. The first kappa shape index (κ1) is 12.1. The zero-order chi connectivity index (χ0) is 13.7. The van der Waals surface area contributed by atoms with Crippen LogP contribution in [0.15, 0.2) is 12.7 Å². The summed E-state index contributed by atoms with van der Waals surface area (Å²) in [6.07, 6.45) is 8.51. The van der Waals surface area contributed by atoms with Gasteiger partial charge in [-0.05, 0) is 44.6 Å². The second-order valence-electron chi connectivity index (χ2n) is 6.03. The van der Waals surface area contributed by atoms with Gasteiger partial charge in [-0.25, -0.2) is 15.0 Å². The van der Waals surface area contributed by atoms with Gasteiger partial charge in [0.15, 0.2) is 11.5 Å². The summed E-state index contributed by atoms with van der Waals surface area (Å²) in [7, 11) is 2.08. The normalized spacial score (nSPS) is 32.9. The van der Waals surface area contributed by atoms with E-state index in [9.17, 15) is 0 Å². The number of hydrogen-bond donors (Lipinski definition) is 2. The Bertz CT molecular complexity index is 636. The highest BCUT2D eigenvalue weighted by molar-refractivity contribution is 5.81. The largest absolute Gasteiger partial charge is 0.382 e. The molecule has 20 heavy (non-hydrogen) atoms. The number of hydrogen-bond acceptors (Lipinski definition) is 5. The topological polar surface area (TPSA) is 81.7 Å². The fourth-order valence-corrected chi connectivity index (χ4v) is 4.39. The lowest BCUT2D eigenvalue weighted by atomic mass is 9.95. The van der Waals surface area contributed by atoms with Gasteiger partial charge in [0, 0.05) is 12.1 Å². The predicted molar refractivity (Wildman–Crippen MR) is 77.1 cm³/mol. The SMILES string of the molecule is CN[C@H]1CC[C@H]2[C@@H]1CC[C@@H]2n1cnc2c(N)ncnc21. The van der Waals surface area contributed by atoms with Crippen molar-refractivity contribution in [3.05, 3.63) is 12.7 Å². The molecule has 4 atom stereocenters. The van der Waals surface area contributed by atoms with Crippen LogP contribution in [-0.2, 0) is 0 Å². The van der Waals surface area contributed by atoms with Gasteiger partial charge >= 0.3 is 0 Å². The van der Waals surface area contributed by atoms with E-state index in [0.29, 0.717) is 17.9 Å². The van der Waals surface area contributed by atoms with E-state index in [4.69, 9.17) is 5.73 Å². The molecule has 0 saturated heterocycles. The molecule has 6 heteroatoms. The van der Waals surface area contributed by atoms with Gasteiger partial charge in [0.1, 0.15) is 11.8 Å². The molecule has 2 aromatic heterocycles. The van der Waals surface area contributed by atoms with Crippen LogP contribution in [0, 0.1) is 11.8 Å². The zero-order valence-corrected chi connectivity index (χ0v) is 11.7. The third-order valence-electron chi connectivity index (χ3n) is 5.28. The molecule has 2 saturated carbocycles. The first-order valence-corrected chi connectivity index (χ1v) is 7.40. The smallest absolute Gasteiger partial charge is 0.165 e. The fraction of sp³-hybridized carbons (Fsp3) is 0.643. The number of fused-ring (bicyclic) bond motifs is 2. The second-order valence-corrected chi connectivity index (χ2v) is 6.03. The van der Waals surface area contributed by atoms with Crippen LogP contribution >= 0.6 is 0 Å². The molecule has 3 N–H and O–H groups in total. The Kier molecular flexibility index (Phi) is 2.66. The van der Waals surface area contributed by atoms with Crippen LogP contribution in [-0.4, -0.2) is 32.6 Å². The standard InChI is InChI=1S/C14H20N6/c1-16-10-4-2-9-8(10)3-5-11(9)20-7-19-12-13(15)17-6-18-14(12)20/h6-11,16H,2-5H2,1H3,(H2,15,17,18)/t8-,9-,10-,11-/m0/s1. The molecule has 0 bridgehead atoms. The van der Waals surface area contributed by atoms with Crippen molar-refractivity contribution in [1.82, 2.24) is 24.8 Å². The van der Waals surface area contributed by atoms with E-state index in [1.165, 1.54) is 32.0 Å². The fourth-order valence-electron chi connectivity index (χ4n) is 4.39. The Morgan fingerprint density at radius 2 is 2.00 bits per heavy atom. The highest BCUT2D eigenvalue weighted by Crippen LogP contribution is 2.50. The molecule has 0 radical (unpaired) electrons. The van der Waals surface area contributed by atoms with Crippen molar-refractivity contribution < 1.29 is 0 Å². The molecule has 2 aliphatic rings. The number of rotatable bonds is 2. The van der Waals surface area contributed by atoms with E-state index in [-0.39, 0.29) is 0 Å². The van der Waals surface area contributed by atoms with Gasteiger partial charge in [0.05, 0.1) is 6.33 Å². The monoisotopic (exact) mass is 272 g/mol. The van der Waals surface area contributed by atoms with Crippen molar-refractivity contribution in [2.75, 3.05) is 12.8 Å². The number of nitrogens with zero attached hydrogens (tertiary/aromatic N) is 4. The van der Waals surface area contributed by atoms with Crippen molar-refractivity contribution >= 4 is 17.0 Å². The molecule has 0 spiro atoms. The van der Waals surface area contributed by atoms with E-state index in [1.807, 2.05) is 6.33 Å². The molecule has 0 aromatic carbocycles. The highest BCUT2D eigenvalue weighted by atomic mass is 15.2. The van der Waals surface area contributed by atoms with Crippen LogP contribution in [0.4, 0.5) is 5.82 Å². The van der Waals surface area contributed by atoms with Crippen LogP contribution in [0.25, 0.3) is 11.2 Å². The molecule has 0 aliphatic heterocycles. The lowest BCUT2D eigenvalue weighted by molar-refractivity contribution is 0.331. The first-order valence-electron chi connectivity index (χ1n) is 7.40. The summed E-state index contributed by atoms with van der Waals surface area (Å²) in [5.74, 6) is 2.01. The minimum atomic E-state index is 0.475. The summed E-state index contributed by atoms with van der Waals surface area (Å²) in [5.41, 5.74) is 7.50. The third-order valence-corrected chi connectivity index (χ3v) is 5.28. The maximum absolute atomic E-state index is 5.88. The molecule has 2 fully saturated rings. The van der Waals surface area contributed by atoms with Crippen LogP contribution < -0.4 is 11.1 Å². The Morgan fingerprint density at radius 3 is 2.85 bits per heavy atom. The Morgan fingerprint density at radius 1 is 1.15 bits per heavy atom. The number of nitrogens with two attached hydrogens (primary N) is 1. The number of imidazole rings is 1. The number of anilines is 1. The Balaban J connectivity index is 1.72. The summed E-state index contributed by atoms with van der Waals surface area (Å²) in [6, 6.07) is 1.19. The van der Waals surface area contributed by atoms with Gasteiger partial charge in [-0.3, -0.25) is 0 Å². The van der Waals surface area contributed by atoms with E-state index >= 15 is 0 Å². The molecule has 6 nitrogen and oxygen atoms in total. The summed E-state index contributed by atoms with van der Waals surface area (Å²) >= 11 is 0. The molecule has 2 aliphatic carbocycles. The van der Waals surface area contributed by atoms with Crippen molar-refractivity contribution in [3.63, 3.8) is 0 Å². The first-order chi connectivity index (χ1) is 9.79.